The van der Waals surface area contributed by atoms with E-state index >= 15 is 0 Å². The highest BCUT2D eigenvalue weighted by atomic mass is 32.2. The first-order chi connectivity index (χ1) is 15.0. The molecular weight excluding hydrogens is 418 g/mol. The van der Waals surface area contributed by atoms with Crippen molar-refractivity contribution in [1.82, 2.24) is 4.31 Å². The van der Waals surface area contributed by atoms with Gasteiger partial charge in [-0.3, -0.25) is 0 Å². The number of fused-ring (bicyclic) bond motifs is 5. The fourth-order valence-electron chi connectivity index (χ4n) is 8.93. The van der Waals surface area contributed by atoms with E-state index in [-0.39, 0.29) is 11.5 Å². The van der Waals surface area contributed by atoms with Crippen LogP contribution in [0.1, 0.15) is 78.6 Å². The third kappa shape index (κ3) is 3.32. The lowest BCUT2D eigenvalue weighted by molar-refractivity contribution is -0.145. The molecule has 0 unspecified atom stereocenters. The van der Waals surface area contributed by atoms with E-state index in [1.165, 1.54) is 19.3 Å². The molecule has 4 aliphatic rings. The molecule has 0 radical (unpaired) electrons. The summed E-state index contributed by atoms with van der Waals surface area (Å²) in [5.74, 6) is 2.68. The number of sulfonamides is 1. The van der Waals surface area contributed by atoms with Crippen molar-refractivity contribution < 1.29 is 13.5 Å². The quantitative estimate of drug-likeness (QED) is 0.652. The molecule has 4 saturated carbocycles. The summed E-state index contributed by atoms with van der Waals surface area (Å²) in [6, 6.07) is 9.01. The minimum atomic E-state index is -3.48. The first-order valence-corrected chi connectivity index (χ1v) is 14.2. The minimum absolute atomic E-state index is 0.0567. The Morgan fingerprint density at radius 2 is 1.56 bits per heavy atom. The van der Waals surface area contributed by atoms with Crippen molar-refractivity contribution in [2.45, 2.75) is 95.1 Å². The number of nitrogens with zero attached hydrogens (tertiary/aromatic N) is 1. The number of rotatable bonds is 3. The van der Waals surface area contributed by atoms with Gasteiger partial charge in [0.2, 0.25) is 10.0 Å². The van der Waals surface area contributed by atoms with Gasteiger partial charge in [-0.15, -0.1) is 0 Å². The van der Waals surface area contributed by atoms with Crippen LogP contribution in [0.25, 0.3) is 0 Å². The second-order valence-electron chi connectivity index (χ2n) is 12.3. The molecule has 0 saturated heterocycles. The first kappa shape index (κ1) is 22.9. The molecule has 178 valence electrons. The Morgan fingerprint density at radius 1 is 0.875 bits per heavy atom. The topological polar surface area (TPSA) is 57.6 Å². The number of hydrogen-bond donors (Lipinski definition) is 1. The SMILES string of the molecule is CN([C@H]1CC[C@H]2[C@@H]3CC[C@H]4C[C@](C)(O)CC[C@]4(C)[C@H]3CC[C@]12C)S(=O)(=O)c1ccccc1. The number of aliphatic hydroxyl groups is 1. The molecule has 4 fully saturated rings. The maximum absolute atomic E-state index is 13.4. The molecule has 5 rings (SSSR count). The standard InChI is InChI=1S/C27H41NO3S/c1-25(29)16-17-26(2)19(18-25)10-11-21-22-12-13-24(27(22,3)15-14-23(21)26)28(4)32(30,31)20-8-6-5-7-9-20/h5-9,19,21-24,29H,10-18H2,1-4H3/t19-,21-,22-,23-,24-,25+,26-,27-/m0/s1. The van der Waals surface area contributed by atoms with Crippen LogP contribution in [0.4, 0.5) is 0 Å². The van der Waals surface area contributed by atoms with E-state index in [9.17, 15) is 13.5 Å². The van der Waals surface area contributed by atoms with Gasteiger partial charge in [-0.25, -0.2) is 8.42 Å². The van der Waals surface area contributed by atoms with Gasteiger partial charge in [0, 0.05) is 13.1 Å². The van der Waals surface area contributed by atoms with E-state index in [1.54, 1.807) is 16.4 Å². The Hall–Kier alpha value is -0.910. The van der Waals surface area contributed by atoms with Crippen molar-refractivity contribution in [1.29, 1.82) is 0 Å². The van der Waals surface area contributed by atoms with Gasteiger partial charge in [-0.05, 0) is 111 Å². The van der Waals surface area contributed by atoms with Crippen molar-refractivity contribution in [3.05, 3.63) is 30.3 Å². The van der Waals surface area contributed by atoms with Gasteiger partial charge in [0.15, 0.2) is 0 Å². The summed E-state index contributed by atoms with van der Waals surface area (Å²) in [5, 5.41) is 10.7. The van der Waals surface area contributed by atoms with Crippen molar-refractivity contribution in [2.75, 3.05) is 7.05 Å². The zero-order valence-electron chi connectivity index (χ0n) is 20.3. The Kier molecular flexibility index (Phi) is 5.39. The van der Waals surface area contributed by atoms with Crippen LogP contribution < -0.4 is 0 Å². The van der Waals surface area contributed by atoms with Gasteiger partial charge in [0.05, 0.1) is 10.5 Å². The van der Waals surface area contributed by atoms with Gasteiger partial charge in [-0.2, -0.15) is 4.31 Å². The maximum Gasteiger partial charge on any atom is 0.243 e. The lowest BCUT2D eigenvalue weighted by atomic mass is 9.44. The molecule has 0 amide bonds. The molecule has 4 nitrogen and oxygen atoms in total. The predicted molar refractivity (Wildman–Crippen MR) is 128 cm³/mol. The smallest absolute Gasteiger partial charge is 0.243 e. The van der Waals surface area contributed by atoms with Gasteiger partial charge in [0.25, 0.3) is 0 Å². The molecule has 4 aliphatic carbocycles. The van der Waals surface area contributed by atoms with Crippen LogP contribution in [0.2, 0.25) is 0 Å². The van der Waals surface area contributed by atoms with Gasteiger partial charge >= 0.3 is 0 Å². The molecule has 0 bridgehead atoms. The molecule has 8 atom stereocenters. The Bertz CT molecular complexity index is 960. The molecule has 0 heterocycles. The highest BCUT2D eigenvalue weighted by Gasteiger charge is 2.62. The lowest BCUT2D eigenvalue weighted by Crippen LogP contribution is -2.57. The zero-order chi connectivity index (χ0) is 22.9. The van der Waals surface area contributed by atoms with Crippen LogP contribution in [0.5, 0.6) is 0 Å². The van der Waals surface area contributed by atoms with Crippen LogP contribution in [0.3, 0.4) is 0 Å². The summed E-state index contributed by atoms with van der Waals surface area (Å²) in [6.45, 7) is 6.94. The van der Waals surface area contributed by atoms with Crippen LogP contribution in [0, 0.1) is 34.5 Å². The third-order valence-corrected chi connectivity index (χ3v) is 12.6. The lowest BCUT2D eigenvalue weighted by Gasteiger charge is -2.62. The van der Waals surface area contributed by atoms with E-state index in [1.807, 2.05) is 32.2 Å². The third-order valence-electron chi connectivity index (χ3n) is 10.8. The molecule has 0 aromatic heterocycles. The molecule has 1 aromatic rings. The predicted octanol–water partition coefficient (Wildman–Crippen LogP) is 5.47. The van der Waals surface area contributed by atoms with Crippen molar-refractivity contribution >= 4 is 10.0 Å². The normalized spacial score (nSPS) is 46.4. The molecular formula is C27H41NO3S. The van der Waals surface area contributed by atoms with Crippen LogP contribution in [-0.2, 0) is 10.0 Å². The van der Waals surface area contributed by atoms with Crippen LogP contribution in [0.15, 0.2) is 35.2 Å². The highest BCUT2D eigenvalue weighted by molar-refractivity contribution is 7.89. The summed E-state index contributed by atoms with van der Waals surface area (Å²) in [6.07, 6.45) is 9.95. The van der Waals surface area contributed by atoms with Crippen molar-refractivity contribution in [3.8, 4) is 0 Å². The van der Waals surface area contributed by atoms with E-state index in [4.69, 9.17) is 0 Å². The van der Waals surface area contributed by atoms with Crippen LogP contribution in [-0.4, -0.2) is 36.5 Å². The summed E-state index contributed by atoms with van der Waals surface area (Å²) in [5.41, 5.74) is -0.0964. The summed E-state index contributed by atoms with van der Waals surface area (Å²) in [4.78, 5) is 0.408. The van der Waals surface area contributed by atoms with E-state index < -0.39 is 15.6 Å². The number of benzene rings is 1. The maximum atomic E-state index is 13.4. The Labute approximate surface area is 194 Å². The molecule has 0 spiro atoms. The highest BCUT2D eigenvalue weighted by Crippen LogP contribution is 2.67. The molecule has 1 N–H and O–H groups in total. The van der Waals surface area contributed by atoms with Crippen molar-refractivity contribution in [3.63, 3.8) is 0 Å². The fourth-order valence-corrected chi connectivity index (χ4v) is 10.4. The number of hydrogen-bond acceptors (Lipinski definition) is 3. The van der Waals surface area contributed by atoms with Gasteiger partial charge < -0.3 is 5.11 Å². The minimum Gasteiger partial charge on any atom is -0.390 e. The second-order valence-corrected chi connectivity index (χ2v) is 14.3. The van der Waals surface area contributed by atoms with E-state index in [0.29, 0.717) is 28.1 Å². The summed E-state index contributed by atoms with van der Waals surface area (Å²) < 4.78 is 28.6. The van der Waals surface area contributed by atoms with E-state index in [0.717, 1.165) is 44.4 Å². The Balaban J connectivity index is 1.40. The molecule has 32 heavy (non-hydrogen) atoms. The monoisotopic (exact) mass is 459 g/mol. The summed E-state index contributed by atoms with van der Waals surface area (Å²) >= 11 is 0. The first-order valence-electron chi connectivity index (χ1n) is 12.7. The fraction of sp³-hybridized carbons (Fsp3) is 0.778. The average Bonchev–Trinajstić information content (AvgIpc) is 3.11. The van der Waals surface area contributed by atoms with Crippen LogP contribution >= 0.6 is 0 Å². The second kappa shape index (κ2) is 7.55. The van der Waals surface area contributed by atoms with Gasteiger partial charge in [0.1, 0.15) is 0 Å². The Morgan fingerprint density at radius 3 is 2.28 bits per heavy atom. The summed E-state index contributed by atoms with van der Waals surface area (Å²) in [7, 11) is -1.67. The van der Waals surface area contributed by atoms with Gasteiger partial charge in [-0.1, -0.05) is 32.0 Å². The molecule has 1 aromatic carbocycles. The molecule has 5 heteroatoms. The average molecular weight is 460 g/mol. The molecule has 0 aliphatic heterocycles. The van der Waals surface area contributed by atoms with Crippen molar-refractivity contribution in [2.24, 2.45) is 34.5 Å². The zero-order valence-corrected chi connectivity index (χ0v) is 21.1. The van der Waals surface area contributed by atoms with E-state index in [2.05, 4.69) is 13.8 Å². The largest absolute Gasteiger partial charge is 0.390 e.